The number of rotatable bonds is 20. The molecule has 466 valence electrons. The van der Waals surface area contributed by atoms with Crippen molar-refractivity contribution in [3.05, 3.63) is 119 Å². The number of aromatic hydroxyl groups is 2. The first kappa shape index (κ1) is 63.3. The van der Waals surface area contributed by atoms with Crippen LogP contribution >= 0.6 is 21.7 Å². The van der Waals surface area contributed by atoms with Crippen molar-refractivity contribution < 1.29 is 103 Å². The predicted octanol–water partition coefficient (Wildman–Crippen LogP) is 9.20. The number of hydrogen-bond donors (Lipinski definition) is 20. The molecule has 22 N–H and O–H groups in total. The molecule has 90 heavy (non-hydrogen) atoms. The summed E-state index contributed by atoms with van der Waals surface area (Å²) in [4.78, 5) is 67.6. The number of aromatic nitrogens is 6. The second-order valence-electron chi connectivity index (χ2n) is 18.2. The van der Waals surface area contributed by atoms with Crippen molar-refractivity contribution in [3.63, 3.8) is 0 Å². The number of benzene rings is 7. The number of carboxylic acids is 4. The number of anilines is 10. The fourth-order valence-corrected chi connectivity index (χ4v) is 10.7. The Morgan fingerprint density at radius 3 is 0.978 bits per heavy atom. The van der Waals surface area contributed by atoms with Crippen LogP contribution in [0.1, 0.15) is 41.4 Å². The topological polar surface area (TPSA) is 647 Å². The van der Waals surface area contributed by atoms with Crippen LogP contribution < -0.4 is 32.7 Å². The summed E-state index contributed by atoms with van der Waals surface area (Å²) in [6.45, 7) is 0. The van der Waals surface area contributed by atoms with E-state index in [1.54, 1.807) is 0 Å². The number of hydrogen-bond acceptors (Lipinski definition) is 32. The molecule has 9 aromatic rings. The lowest BCUT2D eigenvalue weighted by molar-refractivity contribution is 0.0676. The molecule has 2 aromatic heterocycles. The van der Waals surface area contributed by atoms with E-state index in [9.17, 15) is 103 Å². The van der Waals surface area contributed by atoms with Gasteiger partial charge in [-0.3, -0.25) is 9.11 Å². The van der Waals surface area contributed by atoms with Gasteiger partial charge in [0.25, 0.3) is 20.2 Å². The molecule has 38 nitrogen and oxygen atoms in total. The molecule has 0 amide bonds. The molecule has 0 radical (unpaired) electrons. The lowest BCUT2D eigenvalue weighted by atomic mass is 10.1. The van der Waals surface area contributed by atoms with E-state index in [4.69, 9.17) is 11.5 Å². The van der Waals surface area contributed by atoms with Crippen molar-refractivity contribution in [3.8, 4) is 11.5 Å². The highest BCUT2D eigenvalue weighted by Gasteiger charge is 2.31. The van der Waals surface area contributed by atoms with Crippen LogP contribution in [0.3, 0.4) is 0 Å². The van der Waals surface area contributed by atoms with Gasteiger partial charge in [0.05, 0.1) is 64.6 Å². The van der Waals surface area contributed by atoms with E-state index < -0.39 is 199 Å². The maximum atomic E-state index is 12.5. The Bertz CT molecular complexity index is 4480. The van der Waals surface area contributed by atoms with Gasteiger partial charge in [-0.2, -0.15) is 57.0 Å². The van der Waals surface area contributed by atoms with Crippen molar-refractivity contribution in [1.82, 2.24) is 29.9 Å². The minimum Gasteiger partial charge on any atom is -0.505 e. The molecule has 0 aliphatic carbocycles. The van der Waals surface area contributed by atoms with E-state index in [2.05, 4.69) is 71.6 Å². The average molecular weight is 1320 g/mol. The van der Waals surface area contributed by atoms with Gasteiger partial charge in [-0.15, -0.1) is 10.2 Å². The third kappa shape index (κ3) is 14.1. The number of phenols is 2. The number of fused-ring (bicyclic) bond motifs is 2. The Labute approximate surface area is 502 Å². The number of carboxylic acid groups (broad SMARTS) is 4. The average Bonchev–Trinajstić information content (AvgIpc) is 0.760. The van der Waals surface area contributed by atoms with Gasteiger partial charge in [0, 0.05) is 22.1 Å². The smallest absolute Gasteiger partial charge is 0.335 e. The molecular weight excluding hydrogens is 1280 g/mol. The van der Waals surface area contributed by atoms with E-state index >= 15 is 0 Å². The van der Waals surface area contributed by atoms with Crippen LogP contribution in [0, 0.1) is 0 Å². The summed E-state index contributed by atoms with van der Waals surface area (Å²) >= 11 is 0. The van der Waals surface area contributed by atoms with Gasteiger partial charge in [-0.05, 0) is 108 Å². The van der Waals surface area contributed by atoms with Crippen molar-refractivity contribution in [2.24, 2.45) is 20.5 Å². The molecule has 42 heteroatoms. The number of nitrogens with one attached hydrogen (secondary N) is 4. The Balaban J connectivity index is 1.01. The summed E-state index contributed by atoms with van der Waals surface area (Å²) in [5.74, 6) is -10.9. The summed E-state index contributed by atoms with van der Waals surface area (Å²) < 4.78 is 133. The fraction of sp³-hybridized carbons (Fsp3) is 0. The monoisotopic (exact) mass is 1320 g/mol. The Morgan fingerprint density at radius 1 is 0.400 bits per heavy atom. The lowest BCUT2D eigenvalue weighted by Crippen LogP contribution is -2.08. The number of nitrogen functional groups attached to an aromatic ring is 2. The molecule has 0 atom stereocenters. The third-order valence-electron chi connectivity index (χ3n) is 12.0. The predicted molar refractivity (Wildman–Crippen MR) is 315 cm³/mol. The summed E-state index contributed by atoms with van der Waals surface area (Å²) in [7, 11) is -20.0. The highest BCUT2D eigenvalue weighted by molar-refractivity contribution is 8.19. The van der Waals surface area contributed by atoms with Gasteiger partial charge >= 0.3 is 23.9 Å². The normalized spacial score (nSPS) is 12.5. The van der Waals surface area contributed by atoms with Crippen LogP contribution in [0.4, 0.5) is 81.2 Å². The second kappa shape index (κ2) is 23.8. The first-order chi connectivity index (χ1) is 42.0. The van der Waals surface area contributed by atoms with Crippen LogP contribution in [0.15, 0.2) is 137 Å². The Morgan fingerprint density at radius 2 is 0.700 bits per heavy atom. The zero-order valence-electron chi connectivity index (χ0n) is 44.0. The number of phenolic OH excluding ortho intramolecular Hbond substituents is 2. The van der Waals surface area contributed by atoms with E-state index in [0.717, 1.165) is 72.8 Å². The standard InChI is InChI=1S/C48H38N16O22S4/c49-43-55-45(59-47(57-43)53-29-15-27(87(75,76)77)11-17-13-31(89(81,82)83)35(37(65)33(17)29)63-61-25-7-19(39(67)68)5-20(8-25)40(69)70)51-23-1-2-24(4-3-23)52-46-56-44(50)58-48(60-46)54-30-16-28(88(78,79)80)12-18-14-32(90(84,85)86)36(38(66)34(18)30)64-62-26-9-21(41(71)72)6-22(10-26)42(73)74/h1-16,65-66,81-86H,(H,67,68)(H,69,70)(H,71,72)(H,73,74)(H,75,76,77)(H,78,79,80)(H4,49,51,53,55,57,59)(H4,50,52,54,56,58,60). The SMILES string of the molecule is Nc1nc(Nc2ccc(Nc3nc(N)nc(Nc4cc(S(=O)(=O)O)cc5cc(S(O)(O)O)c(N=Nc6cc(C(=O)O)cc(C(=O)O)c6)c(O)c45)n3)cc2)nc(Nc2cc(S(=O)(=O)O)cc3cc(S(O)(O)O)c(N=Nc4cc(C(=O)O)cc(C(=O)O)c4)c(O)c23)n1. The molecule has 0 spiro atoms. The minimum atomic E-state index is -5.12. The van der Waals surface area contributed by atoms with Gasteiger partial charge in [0.1, 0.15) is 33.1 Å². The molecule has 0 unspecified atom stereocenters. The van der Waals surface area contributed by atoms with Crippen LogP contribution in [-0.4, -0.2) is 138 Å². The molecule has 9 rings (SSSR count). The number of nitrogens with two attached hydrogens (primary N) is 2. The molecule has 0 bridgehead atoms. The summed E-state index contributed by atoms with van der Waals surface area (Å²) in [5.41, 5.74) is 6.60. The second-order valence-corrected chi connectivity index (χ2v) is 24.0. The van der Waals surface area contributed by atoms with Gasteiger partial charge in [-0.1, -0.05) is 0 Å². The Hall–Kier alpha value is -11.2. The van der Waals surface area contributed by atoms with Gasteiger partial charge < -0.3 is 90.7 Å². The van der Waals surface area contributed by atoms with Crippen LogP contribution in [0.5, 0.6) is 11.5 Å². The number of azo groups is 2. The maximum Gasteiger partial charge on any atom is 0.335 e. The van der Waals surface area contributed by atoms with Crippen LogP contribution in [-0.2, 0) is 20.2 Å². The summed E-state index contributed by atoms with van der Waals surface area (Å²) in [5, 5.41) is 85.7. The minimum absolute atomic E-state index is 0.231. The molecule has 0 fully saturated rings. The number of aromatic carboxylic acids is 4. The highest BCUT2D eigenvalue weighted by atomic mass is 32.3. The Kier molecular flexibility index (Phi) is 16.8. The molecule has 0 aliphatic heterocycles. The quantitative estimate of drug-likeness (QED) is 0.0249. The van der Waals surface area contributed by atoms with E-state index in [-0.39, 0.29) is 23.3 Å². The molecule has 2 heterocycles. The van der Waals surface area contributed by atoms with Gasteiger partial charge in [0.2, 0.25) is 35.7 Å². The molecule has 0 aliphatic rings. The summed E-state index contributed by atoms with van der Waals surface area (Å²) in [6, 6.07) is 15.4. The zero-order chi connectivity index (χ0) is 65.7. The number of carbonyl (C=O) groups is 4. The van der Waals surface area contributed by atoms with Crippen molar-refractivity contribution in [2.45, 2.75) is 19.6 Å². The zero-order valence-corrected chi connectivity index (χ0v) is 47.3. The van der Waals surface area contributed by atoms with E-state index in [1.807, 2.05) is 0 Å². The summed E-state index contributed by atoms with van der Waals surface area (Å²) in [6.07, 6.45) is 0. The molecule has 0 saturated heterocycles. The maximum absolute atomic E-state index is 12.5. The highest BCUT2D eigenvalue weighted by Crippen LogP contribution is 2.57. The molecule has 7 aromatic carbocycles. The van der Waals surface area contributed by atoms with Crippen molar-refractivity contribution in [1.29, 1.82) is 0 Å². The lowest BCUT2D eigenvalue weighted by Gasteiger charge is -2.23. The molecular formula is C48H38N16O22S4. The van der Waals surface area contributed by atoms with Gasteiger partial charge in [0.15, 0.2) is 11.5 Å². The first-order valence-electron chi connectivity index (χ1n) is 23.9. The fourth-order valence-electron chi connectivity index (χ4n) is 8.22. The largest absolute Gasteiger partial charge is 0.505 e. The molecule has 0 saturated carbocycles. The van der Waals surface area contributed by atoms with Crippen LogP contribution in [0.25, 0.3) is 21.5 Å². The van der Waals surface area contributed by atoms with Crippen LogP contribution in [0.2, 0.25) is 0 Å². The first-order valence-corrected chi connectivity index (χ1v) is 29.8. The van der Waals surface area contributed by atoms with E-state index in [1.165, 1.54) is 24.3 Å². The van der Waals surface area contributed by atoms with Gasteiger partial charge in [-0.25, -0.2) is 19.2 Å². The van der Waals surface area contributed by atoms with Crippen molar-refractivity contribution >= 4 is 169 Å². The van der Waals surface area contributed by atoms with Crippen molar-refractivity contribution in [2.75, 3.05) is 32.7 Å². The number of nitrogens with zero attached hydrogens (tertiary/aromatic N) is 10. The third-order valence-corrected chi connectivity index (χ3v) is 15.4. The van der Waals surface area contributed by atoms with E-state index in [0.29, 0.717) is 0 Å².